The van der Waals surface area contributed by atoms with Crippen molar-refractivity contribution in [1.29, 1.82) is 0 Å². The Balaban J connectivity index is 2.57. The zero-order chi connectivity index (χ0) is 8.97. The van der Waals surface area contributed by atoms with Crippen molar-refractivity contribution < 1.29 is 4.79 Å². The highest BCUT2D eigenvalue weighted by Gasteiger charge is 1.95. The van der Waals surface area contributed by atoms with E-state index in [9.17, 15) is 4.79 Å². The van der Waals surface area contributed by atoms with Gasteiger partial charge in [-0.2, -0.15) is 0 Å². The Morgan fingerprint density at radius 1 is 1.58 bits per heavy atom. The maximum absolute atomic E-state index is 10.2. The fraction of sp³-hybridized carbons (Fsp3) is 0. The third kappa shape index (κ3) is 2.59. The van der Waals surface area contributed by atoms with Crippen molar-refractivity contribution in [2.75, 3.05) is 5.43 Å². The number of halogens is 1. The number of hydrogen-bond acceptors (Lipinski definition) is 4. The topological polar surface area (TPSA) is 92.9 Å². The smallest absolute Gasteiger partial charge is 0.330 e. The van der Waals surface area contributed by atoms with Gasteiger partial charge in [0.1, 0.15) is 5.15 Å². The molecule has 0 spiro atoms. The van der Waals surface area contributed by atoms with E-state index >= 15 is 0 Å². The first-order valence-corrected chi connectivity index (χ1v) is 3.35. The summed E-state index contributed by atoms with van der Waals surface area (Å²) in [5.41, 5.74) is 9.30. The number of rotatable bonds is 2. The fourth-order valence-electron chi connectivity index (χ4n) is 0.528. The molecule has 0 fully saturated rings. The lowest BCUT2D eigenvalue weighted by atomic mass is 10.7. The van der Waals surface area contributed by atoms with Gasteiger partial charge < -0.3 is 5.73 Å². The average molecular weight is 188 g/mol. The van der Waals surface area contributed by atoms with Crippen molar-refractivity contribution in [3.63, 3.8) is 0 Å². The van der Waals surface area contributed by atoms with Crippen LogP contribution in [0.15, 0.2) is 12.4 Å². The van der Waals surface area contributed by atoms with Crippen LogP contribution in [0, 0.1) is 0 Å². The van der Waals surface area contributed by atoms with Crippen LogP contribution in [0.2, 0.25) is 5.15 Å². The van der Waals surface area contributed by atoms with Gasteiger partial charge in [-0.3, -0.25) is 15.8 Å². The monoisotopic (exact) mass is 187 g/mol. The van der Waals surface area contributed by atoms with Crippen molar-refractivity contribution in [3.8, 4) is 0 Å². The molecule has 1 aromatic rings. The molecule has 0 aliphatic carbocycles. The van der Waals surface area contributed by atoms with Gasteiger partial charge in [0.2, 0.25) is 0 Å². The summed E-state index contributed by atoms with van der Waals surface area (Å²) in [5, 5.41) is 0.228. The Morgan fingerprint density at radius 3 is 2.92 bits per heavy atom. The quantitative estimate of drug-likeness (QED) is 0.574. The van der Waals surface area contributed by atoms with Crippen molar-refractivity contribution in [2.24, 2.45) is 5.73 Å². The third-order valence-corrected chi connectivity index (χ3v) is 1.10. The van der Waals surface area contributed by atoms with Crippen molar-refractivity contribution in [2.45, 2.75) is 0 Å². The molecular formula is C5H6ClN5O. The van der Waals surface area contributed by atoms with Crippen molar-refractivity contribution in [1.82, 2.24) is 15.4 Å². The van der Waals surface area contributed by atoms with E-state index in [2.05, 4.69) is 20.8 Å². The summed E-state index contributed by atoms with van der Waals surface area (Å²) in [6.45, 7) is 0. The standard InChI is InChI=1S/C5H6ClN5O/c6-3-1-8-2-4(9-3)10-11-5(7)12/h1-2H,(H,9,10)(H3,7,11,12). The molecule has 0 saturated heterocycles. The van der Waals surface area contributed by atoms with E-state index in [0.29, 0.717) is 5.82 Å². The summed E-state index contributed by atoms with van der Waals surface area (Å²) in [4.78, 5) is 17.7. The van der Waals surface area contributed by atoms with Gasteiger partial charge in [-0.15, -0.1) is 0 Å². The number of aromatic nitrogens is 2. The van der Waals surface area contributed by atoms with Gasteiger partial charge in [0.05, 0.1) is 12.4 Å². The van der Waals surface area contributed by atoms with Crippen LogP contribution in [0.1, 0.15) is 0 Å². The minimum atomic E-state index is -0.711. The van der Waals surface area contributed by atoms with Gasteiger partial charge in [0, 0.05) is 0 Å². The van der Waals surface area contributed by atoms with E-state index in [4.69, 9.17) is 17.3 Å². The fourth-order valence-corrected chi connectivity index (χ4v) is 0.675. The molecule has 7 heteroatoms. The molecule has 0 aromatic carbocycles. The maximum Gasteiger partial charge on any atom is 0.330 e. The van der Waals surface area contributed by atoms with Gasteiger partial charge in [-0.25, -0.2) is 9.78 Å². The minimum absolute atomic E-state index is 0.228. The number of hydrogen-bond donors (Lipinski definition) is 3. The molecule has 0 aliphatic heterocycles. The zero-order valence-electron chi connectivity index (χ0n) is 5.91. The lowest BCUT2D eigenvalue weighted by molar-refractivity contribution is 0.250. The molecule has 64 valence electrons. The number of hydrazine groups is 1. The minimum Gasteiger partial charge on any atom is -0.350 e. The van der Waals surface area contributed by atoms with E-state index in [1.54, 1.807) is 0 Å². The number of carbonyl (C=O) groups excluding carboxylic acids is 1. The summed E-state index contributed by atoms with van der Waals surface area (Å²) in [6.07, 6.45) is 2.76. The molecule has 1 aromatic heterocycles. The number of primary amides is 1. The van der Waals surface area contributed by atoms with Crippen LogP contribution in [0.5, 0.6) is 0 Å². The summed E-state index contributed by atoms with van der Waals surface area (Å²) < 4.78 is 0. The molecule has 6 nitrogen and oxygen atoms in total. The van der Waals surface area contributed by atoms with E-state index in [1.165, 1.54) is 12.4 Å². The average Bonchev–Trinajstić information content (AvgIpc) is 2.01. The Kier molecular flexibility index (Phi) is 2.65. The predicted octanol–water partition coefficient (Wildman–Crippen LogP) is 0.125. The molecule has 0 atom stereocenters. The van der Waals surface area contributed by atoms with Crippen LogP contribution < -0.4 is 16.6 Å². The molecule has 2 amide bonds. The van der Waals surface area contributed by atoms with Crippen LogP contribution in [-0.2, 0) is 0 Å². The normalized spacial score (nSPS) is 9.08. The third-order valence-electron chi connectivity index (χ3n) is 0.919. The summed E-state index contributed by atoms with van der Waals surface area (Å²) in [6, 6.07) is -0.711. The first-order chi connectivity index (χ1) is 5.68. The first-order valence-electron chi connectivity index (χ1n) is 2.97. The van der Waals surface area contributed by atoms with E-state index < -0.39 is 6.03 Å². The number of carbonyl (C=O) groups is 1. The highest BCUT2D eigenvalue weighted by Crippen LogP contribution is 2.04. The molecule has 0 aliphatic rings. The summed E-state index contributed by atoms with van der Waals surface area (Å²) >= 11 is 5.50. The second kappa shape index (κ2) is 3.72. The number of nitrogens with zero attached hydrogens (tertiary/aromatic N) is 2. The van der Waals surface area contributed by atoms with Crippen LogP contribution in [-0.4, -0.2) is 16.0 Å². The lowest BCUT2D eigenvalue weighted by Gasteiger charge is -2.03. The second-order valence-corrected chi connectivity index (χ2v) is 2.23. The molecule has 12 heavy (non-hydrogen) atoms. The summed E-state index contributed by atoms with van der Waals surface area (Å²) in [5.74, 6) is 0.321. The first kappa shape index (κ1) is 8.54. The Hall–Kier alpha value is -1.56. The largest absolute Gasteiger partial charge is 0.350 e. The number of nitrogens with one attached hydrogen (secondary N) is 2. The Bertz CT molecular complexity index is 291. The molecule has 4 N–H and O–H groups in total. The number of nitrogens with two attached hydrogens (primary N) is 1. The van der Waals surface area contributed by atoms with Gasteiger partial charge in [-0.05, 0) is 0 Å². The van der Waals surface area contributed by atoms with Crippen LogP contribution >= 0.6 is 11.6 Å². The SMILES string of the molecule is NC(=O)NNc1cncc(Cl)n1. The van der Waals surface area contributed by atoms with Crippen LogP contribution in [0.25, 0.3) is 0 Å². The zero-order valence-corrected chi connectivity index (χ0v) is 6.67. The van der Waals surface area contributed by atoms with E-state index in [-0.39, 0.29) is 5.15 Å². The van der Waals surface area contributed by atoms with Gasteiger partial charge in [0.25, 0.3) is 0 Å². The molecular weight excluding hydrogens is 182 g/mol. The molecule has 1 rings (SSSR count). The number of urea groups is 1. The number of anilines is 1. The maximum atomic E-state index is 10.2. The van der Waals surface area contributed by atoms with Crippen LogP contribution in [0.4, 0.5) is 10.6 Å². The van der Waals surface area contributed by atoms with Gasteiger partial charge in [-0.1, -0.05) is 11.6 Å². The second-order valence-electron chi connectivity index (χ2n) is 1.84. The molecule has 0 unspecified atom stereocenters. The highest BCUT2D eigenvalue weighted by molar-refractivity contribution is 6.29. The van der Waals surface area contributed by atoms with Gasteiger partial charge in [0.15, 0.2) is 5.82 Å². The highest BCUT2D eigenvalue weighted by atomic mass is 35.5. The lowest BCUT2D eigenvalue weighted by Crippen LogP contribution is -2.34. The molecule has 1 heterocycles. The van der Waals surface area contributed by atoms with Crippen molar-refractivity contribution >= 4 is 23.4 Å². The molecule has 0 saturated carbocycles. The van der Waals surface area contributed by atoms with Gasteiger partial charge >= 0.3 is 6.03 Å². The predicted molar refractivity (Wildman–Crippen MR) is 43.4 cm³/mol. The van der Waals surface area contributed by atoms with E-state index in [0.717, 1.165) is 0 Å². The van der Waals surface area contributed by atoms with Crippen LogP contribution in [0.3, 0.4) is 0 Å². The van der Waals surface area contributed by atoms with Crippen molar-refractivity contribution in [3.05, 3.63) is 17.5 Å². The number of amides is 2. The summed E-state index contributed by atoms with van der Waals surface area (Å²) in [7, 11) is 0. The Morgan fingerprint density at radius 2 is 2.33 bits per heavy atom. The Labute approximate surface area is 73.1 Å². The van der Waals surface area contributed by atoms with E-state index in [1.807, 2.05) is 0 Å². The molecule has 0 bridgehead atoms. The molecule has 0 radical (unpaired) electrons.